The van der Waals surface area contributed by atoms with E-state index in [1.54, 1.807) is 0 Å². The first-order valence-electron chi connectivity index (χ1n) is 3.15. The number of nitrogens with zero attached hydrogens (tertiary/aromatic N) is 1. The van der Waals surface area contributed by atoms with Crippen LogP contribution in [0.25, 0.3) is 0 Å². The summed E-state index contributed by atoms with van der Waals surface area (Å²) >= 11 is 0. The van der Waals surface area contributed by atoms with E-state index in [0.29, 0.717) is 6.29 Å². The highest BCUT2D eigenvalue weighted by Crippen LogP contribution is 2.10. The molecule has 0 N–H and O–H groups in total. The Balaban J connectivity index is 3.43. The van der Waals surface area contributed by atoms with Crippen molar-refractivity contribution in [3.63, 3.8) is 0 Å². The number of rotatable bonds is 2. The fraction of sp³-hybridized carbons (Fsp3) is 0.143. The van der Waals surface area contributed by atoms with Crippen LogP contribution in [0.5, 0.6) is 0 Å². The highest BCUT2D eigenvalue weighted by Gasteiger charge is 2.11. The Morgan fingerprint density at radius 3 is 2.58 bits per heavy atom. The minimum atomic E-state index is -3.34. The van der Waals surface area contributed by atoms with Crippen LogP contribution in [0.4, 0.5) is 0 Å². The molecule has 0 aliphatic heterocycles. The summed E-state index contributed by atoms with van der Waals surface area (Å²) in [5.74, 6) is 0. The minimum Gasteiger partial charge on any atom is -0.298 e. The number of carbonyl (C=O) groups excluding carboxylic acids is 1. The highest BCUT2D eigenvalue weighted by molar-refractivity contribution is 7.90. The van der Waals surface area contributed by atoms with Crippen LogP contribution in [0.1, 0.15) is 10.4 Å². The average Bonchev–Trinajstić information content (AvgIpc) is 2.03. The second-order valence-electron chi connectivity index (χ2n) is 2.30. The van der Waals surface area contributed by atoms with Crippen LogP contribution >= 0.6 is 0 Å². The summed E-state index contributed by atoms with van der Waals surface area (Å²) in [4.78, 5) is 14.0. The first-order valence-corrected chi connectivity index (χ1v) is 5.04. The van der Waals surface area contributed by atoms with Gasteiger partial charge in [-0.1, -0.05) is 0 Å². The van der Waals surface area contributed by atoms with Gasteiger partial charge in [-0.15, -0.1) is 0 Å². The van der Waals surface area contributed by atoms with E-state index < -0.39 is 9.84 Å². The molecule has 0 aromatic carbocycles. The first kappa shape index (κ1) is 8.86. The van der Waals surface area contributed by atoms with Gasteiger partial charge in [0.05, 0.1) is 4.90 Å². The van der Waals surface area contributed by atoms with Gasteiger partial charge >= 0.3 is 0 Å². The number of hydrogen-bond donors (Lipinski definition) is 0. The largest absolute Gasteiger partial charge is 0.298 e. The van der Waals surface area contributed by atoms with Crippen LogP contribution in [0, 0.1) is 0 Å². The van der Waals surface area contributed by atoms with Crippen LogP contribution in [0.15, 0.2) is 23.4 Å². The standard InChI is InChI=1S/C7H7NO3S/c1-12(10,11)7-4-8-3-2-6(7)5-9/h2-5H,1H3. The lowest BCUT2D eigenvalue weighted by Crippen LogP contribution is -2.02. The Kier molecular flexibility index (Phi) is 2.23. The van der Waals surface area contributed by atoms with Gasteiger partial charge in [0.1, 0.15) is 0 Å². The monoisotopic (exact) mass is 185 g/mol. The molecule has 0 fully saturated rings. The van der Waals surface area contributed by atoms with Gasteiger partial charge in [-0.2, -0.15) is 0 Å². The van der Waals surface area contributed by atoms with Crippen molar-refractivity contribution >= 4 is 16.1 Å². The molecule has 0 radical (unpaired) electrons. The first-order chi connectivity index (χ1) is 5.55. The molecule has 0 bridgehead atoms. The maximum atomic E-state index is 11.0. The molecule has 0 saturated heterocycles. The second kappa shape index (κ2) is 3.02. The molecular weight excluding hydrogens is 178 g/mol. The Morgan fingerprint density at radius 1 is 1.50 bits per heavy atom. The average molecular weight is 185 g/mol. The van der Waals surface area contributed by atoms with Gasteiger partial charge in [0, 0.05) is 24.2 Å². The van der Waals surface area contributed by atoms with Crippen molar-refractivity contribution in [3.8, 4) is 0 Å². The SMILES string of the molecule is CS(=O)(=O)c1cnccc1C=O. The van der Waals surface area contributed by atoms with E-state index in [9.17, 15) is 13.2 Å². The van der Waals surface area contributed by atoms with Crippen LogP contribution in [0.3, 0.4) is 0 Å². The van der Waals surface area contributed by atoms with Crippen LogP contribution in [-0.2, 0) is 9.84 Å². The molecule has 12 heavy (non-hydrogen) atoms. The molecule has 1 rings (SSSR count). The van der Waals surface area contributed by atoms with Crippen molar-refractivity contribution in [1.29, 1.82) is 0 Å². The van der Waals surface area contributed by atoms with Crippen molar-refractivity contribution in [2.24, 2.45) is 0 Å². The lowest BCUT2D eigenvalue weighted by molar-refractivity contribution is 0.112. The molecule has 4 nitrogen and oxygen atoms in total. The highest BCUT2D eigenvalue weighted by atomic mass is 32.2. The van der Waals surface area contributed by atoms with E-state index in [4.69, 9.17) is 0 Å². The molecule has 1 aromatic rings. The second-order valence-corrected chi connectivity index (χ2v) is 4.29. The van der Waals surface area contributed by atoms with Gasteiger partial charge in [0.25, 0.3) is 0 Å². The van der Waals surface area contributed by atoms with E-state index in [1.807, 2.05) is 0 Å². The topological polar surface area (TPSA) is 64.1 Å². The van der Waals surface area contributed by atoms with Crippen molar-refractivity contribution < 1.29 is 13.2 Å². The summed E-state index contributed by atoms with van der Waals surface area (Å²) in [6.07, 6.45) is 4.08. The van der Waals surface area contributed by atoms with Gasteiger partial charge in [0.15, 0.2) is 16.1 Å². The summed E-state index contributed by atoms with van der Waals surface area (Å²) in [5, 5.41) is 0. The van der Waals surface area contributed by atoms with E-state index in [-0.39, 0.29) is 10.5 Å². The molecule has 0 saturated carbocycles. The quantitative estimate of drug-likeness (QED) is 0.621. The van der Waals surface area contributed by atoms with Gasteiger partial charge in [-0.05, 0) is 6.07 Å². The molecule has 0 aliphatic rings. The molecule has 5 heteroatoms. The number of pyridine rings is 1. The van der Waals surface area contributed by atoms with Gasteiger partial charge < -0.3 is 0 Å². The van der Waals surface area contributed by atoms with Gasteiger partial charge in [-0.25, -0.2) is 8.42 Å². The van der Waals surface area contributed by atoms with Gasteiger partial charge in [0.2, 0.25) is 0 Å². The maximum absolute atomic E-state index is 11.0. The van der Waals surface area contributed by atoms with Crippen LogP contribution in [0.2, 0.25) is 0 Å². The van der Waals surface area contributed by atoms with E-state index in [2.05, 4.69) is 4.98 Å². The Bertz CT molecular complexity index is 397. The maximum Gasteiger partial charge on any atom is 0.177 e. The van der Waals surface area contributed by atoms with E-state index in [1.165, 1.54) is 18.5 Å². The molecule has 1 heterocycles. The van der Waals surface area contributed by atoms with E-state index in [0.717, 1.165) is 6.26 Å². The van der Waals surface area contributed by atoms with Crippen LogP contribution in [-0.4, -0.2) is 25.9 Å². The molecule has 0 amide bonds. The number of sulfone groups is 1. The fourth-order valence-corrected chi connectivity index (χ4v) is 1.59. The molecule has 0 aliphatic carbocycles. The lowest BCUT2D eigenvalue weighted by Gasteiger charge is -1.98. The van der Waals surface area contributed by atoms with Crippen LogP contribution < -0.4 is 0 Å². The number of carbonyl (C=O) groups is 1. The zero-order valence-electron chi connectivity index (χ0n) is 6.39. The molecule has 0 spiro atoms. The number of hydrogen-bond acceptors (Lipinski definition) is 4. The van der Waals surface area contributed by atoms with Gasteiger partial charge in [-0.3, -0.25) is 9.78 Å². The third-order valence-corrected chi connectivity index (χ3v) is 2.48. The van der Waals surface area contributed by atoms with Crippen molar-refractivity contribution in [1.82, 2.24) is 4.98 Å². The predicted octanol–water partition coefficient (Wildman–Crippen LogP) is 0.298. The predicted molar refractivity (Wildman–Crippen MR) is 42.7 cm³/mol. The van der Waals surface area contributed by atoms with Crippen molar-refractivity contribution in [3.05, 3.63) is 24.0 Å². The number of aromatic nitrogens is 1. The van der Waals surface area contributed by atoms with Crippen molar-refractivity contribution in [2.75, 3.05) is 6.26 Å². The Morgan fingerprint density at radius 2 is 2.17 bits per heavy atom. The zero-order valence-corrected chi connectivity index (χ0v) is 7.21. The third-order valence-electron chi connectivity index (χ3n) is 1.34. The third kappa shape index (κ3) is 1.68. The summed E-state index contributed by atoms with van der Waals surface area (Å²) in [7, 11) is -3.34. The smallest absolute Gasteiger partial charge is 0.177 e. The normalized spacial score (nSPS) is 11.1. The fourth-order valence-electron chi connectivity index (χ4n) is 0.798. The molecular formula is C7H7NO3S. The number of aldehydes is 1. The lowest BCUT2D eigenvalue weighted by atomic mass is 10.3. The molecule has 0 unspecified atom stereocenters. The summed E-state index contributed by atoms with van der Waals surface area (Å²) in [6, 6.07) is 1.36. The summed E-state index contributed by atoms with van der Waals surface area (Å²) < 4.78 is 22.0. The summed E-state index contributed by atoms with van der Waals surface area (Å²) in [6.45, 7) is 0. The molecule has 1 aromatic heterocycles. The minimum absolute atomic E-state index is 0.0278. The zero-order chi connectivity index (χ0) is 9.19. The Labute approximate surface area is 70.2 Å². The van der Waals surface area contributed by atoms with E-state index >= 15 is 0 Å². The Hall–Kier alpha value is -1.23. The summed E-state index contributed by atoms with van der Waals surface area (Å²) in [5.41, 5.74) is 0.146. The molecule has 64 valence electrons. The molecule has 0 atom stereocenters. The van der Waals surface area contributed by atoms with Crippen molar-refractivity contribution in [2.45, 2.75) is 4.90 Å².